The highest BCUT2D eigenvalue weighted by Crippen LogP contribution is 2.27. The molecule has 0 saturated heterocycles. The maximum atomic E-state index is 9.59. The molecule has 102 valence electrons. The fourth-order valence-corrected chi connectivity index (χ4v) is 2.04. The molecule has 1 N–H and O–H groups in total. The molecule has 19 heavy (non-hydrogen) atoms. The third-order valence-corrected chi connectivity index (χ3v) is 3.63. The van der Waals surface area contributed by atoms with Crippen LogP contribution in [0.15, 0.2) is 27.2 Å². The van der Waals surface area contributed by atoms with Crippen molar-refractivity contribution in [1.82, 2.24) is 10.1 Å². The van der Waals surface area contributed by atoms with E-state index in [0.717, 1.165) is 10.0 Å². The van der Waals surface area contributed by atoms with Crippen molar-refractivity contribution in [3.63, 3.8) is 0 Å². The molecule has 7 heteroatoms. The third kappa shape index (κ3) is 3.76. The van der Waals surface area contributed by atoms with Crippen molar-refractivity contribution in [2.24, 2.45) is 0 Å². The van der Waals surface area contributed by atoms with Crippen LogP contribution in [0.1, 0.15) is 5.89 Å². The Labute approximate surface area is 123 Å². The lowest BCUT2D eigenvalue weighted by molar-refractivity contribution is 0.0599. The molecular weight excluding hydrogens is 336 g/mol. The molecule has 1 aromatic carbocycles. The molecule has 1 unspecified atom stereocenters. The first-order chi connectivity index (χ1) is 9.10. The van der Waals surface area contributed by atoms with Gasteiger partial charge in [0.25, 0.3) is 0 Å². The summed E-state index contributed by atoms with van der Waals surface area (Å²) in [5.41, 5.74) is 0.785. The predicted octanol–water partition coefficient (Wildman–Crippen LogP) is 2.70. The Morgan fingerprint density at radius 2 is 2.32 bits per heavy atom. The fraction of sp³-hybridized carbons (Fsp3) is 0.333. The molecule has 0 spiro atoms. The first-order valence-corrected chi connectivity index (χ1v) is 6.72. The molecular formula is C12H12BrClN2O3. The van der Waals surface area contributed by atoms with E-state index in [1.54, 1.807) is 12.1 Å². The molecule has 0 saturated carbocycles. The van der Waals surface area contributed by atoms with Crippen LogP contribution >= 0.6 is 27.5 Å². The van der Waals surface area contributed by atoms with Crippen molar-refractivity contribution in [3.05, 3.63) is 33.6 Å². The summed E-state index contributed by atoms with van der Waals surface area (Å²) < 4.78 is 10.7. The molecule has 2 aromatic rings. The highest BCUT2D eigenvalue weighted by molar-refractivity contribution is 9.10. The van der Waals surface area contributed by atoms with Crippen LogP contribution in [-0.4, -0.2) is 35.1 Å². The summed E-state index contributed by atoms with van der Waals surface area (Å²) in [6, 6.07) is 5.35. The molecule has 0 fully saturated rings. The van der Waals surface area contributed by atoms with E-state index in [1.165, 1.54) is 7.11 Å². The summed E-state index contributed by atoms with van der Waals surface area (Å²) in [7, 11) is 1.52. The van der Waals surface area contributed by atoms with Gasteiger partial charge in [0, 0.05) is 17.1 Å². The monoisotopic (exact) mass is 346 g/mol. The number of rotatable bonds is 5. The Balaban J connectivity index is 2.14. The number of nitrogens with zero attached hydrogens (tertiary/aromatic N) is 2. The Morgan fingerprint density at radius 3 is 3.00 bits per heavy atom. The van der Waals surface area contributed by atoms with Gasteiger partial charge in [-0.25, -0.2) is 0 Å². The van der Waals surface area contributed by atoms with Gasteiger partial charge in [-0.2, -0.15) is 4.98 Å². The number of benzene rings is 1. The minimum absolute atomic E-state index is 0.226. The second-order valence-electron chi connectivity index (χ2n) is 3.95. The maximum absolute atomic E-state index is 9.59. The topological polar surface area (TPSA) is 68.4 Å². The number of aromatic nitrogens is 2. The first kappa shape index (κ1) is 14.5. The normalized spacial score (nSPS) is 12.6. The summed E-state index contributed by atoms with van der Waals surface area (Å²) in [6.45, 7) is 0.226. The average Bonchev–Trinajstić information content (AvgIpc) is 2.81. The van der Waals surface area contributed by atoms with Gasteiger partial charge < -0.3 is 14.4 Å². The fourth-order valence-electron chi connectivity index (χ4n) is 1.54. The van der Waals surface area contributed by atoms with Crippen LogP contribution in [0.25, 0.3) is 11.4 Å². The lowest BCUT2D eigenvalue weighted by Crippen LogP contribution is -2.17. The summed E-state index contributed by atoms with van der Waals surface area (Å²) in [5.74, 6) is 0.822. The number of aliphatic hydroxyl groups excluding tert-OH is 1. The van der Waals surface area contributed by atoms with Crippen LogP contribution in [0.2, 0.25) is 5.02 Å². The summed E-state index contributed by atoms with van der Waals surface area (Å²) in [5, 5.41) is 14.1. The minimum Gasteiger partial charge on any atom is -0.390 e. The Morgan fingerprint density at radius 1 is 1.53 bits per heavy atom. The van der Waals surface area contributed by atoms with E-state index in [1.807, 2.05) is 6.07 Å². The van der Waals surface area contributed by atoms with Gasteiger partial charge in [0.2, 0.25) is 11.7 Å². The van der Waals surface area contributed by atoms with Crippen LogP contribution in [0.3, 0.4) is 0 Å². The standard InChI is InChI=1S/C12H12BrClN2O3/c1-18-6-8(17)5-11-15-12(16-19-11)7-2-3-10(14)9(13)4-7/h2-4,8,17H,5-6H2,1H3. The lowest BCUT2D eigenvalue weighted by Gasteiger charge is -2.04. The molecule has 5 nitrogen and oxygen atoms in total. The van der Waals surface area contributed by atoms with E-state index >= 15 is 0 Å². The highest BCUT2D eigenvalue weighted by Gasteiger charge is 2.13. The van der Waals surface area contributed by atoms with Crippen molar-refractivity contribution >= 4 is 27.5 Å². The molecule has 0 aliphatic rings. The number of halogens is 2. The number of hydrogen-bond donors (Lipinski definition) is 1. The number of hydrogen-bond acceptors (Lipinski definition) is 5. The molecule has 0 aliphatic carbocycles. The van der Waals surface area contributed by atoms with E-state index in [9.17, 15) is 5.11 Å². The van der Waals surface area contributed by atoms with Crippen molar-refractivity contribution in [1.29, 1.82) is 0 Å². The first-order valence-electron chi connectivity index (χ1n) is 5.55. The van der Waals surface area contributed by atoms with Crippen molar-refractivity contribution in [2.45, 2.75) is 12.5 Å². The summed E-state index contributed by atoms with van der Waals surface area (Å²) in [4.78, 5) is 4.22. The zero-order valence-electron chi connectivity index (χ0n) is 10.1. The van der Waals surface area contributed by atoms with Gasteiger partial charge in [-0.1, -0.05) is 16.8 Å². The van der Waals surface area contributed by atoms with Crippen molar-refractivity contribution < 1.29 is 14.4 Å². The van der Waals surface area contributed by atoms with E-state index < -0.39 is 6.10 Å². The van der Waals surface area contributed by atoms with E-state index in [4.69, 9.17) is 20.9 Å². The molecule has 1 heterocycles. The maximum Gasteiger partial charge on any atom is 0.229 e. The van der Waals surface area contributed by atoms with Gasteiger partial charge in [0.15, 0.2) is 0 Å². The number of methoxy groups -OCH3 is 1. The van der Waals surface area contributed by atoms with Gasteiger partial charge in [-0.15, -0.1) is 0 Å². The predicted molar refractivity (Wildman–Crippen MR) is 74.0 cm³/mol. The van der Waals surface area contributed by atoms with E-state index in [0.29, 0.717) is 16.7 Å². The molecule has 0 amide bonds. The van der Waals surface area contributed by atoms with Gasteiger partial charge >= 0.3 is 0 Å². The SMILES string of the molecule is COCC(O)Cc1nc(-c2ccc(Cl)c(Br)c2)no1. The van der Waals surface area contributed by atoms with Crippen LogP contribution in [0, 0.1) is 0 Å². The van der Waals surface area contributed by atoms with Crippen LogP contribution in [0.5, 0.6) is 0 Å². The van der Waals surface area contributed by atoms with Crippen LogP contribution in [0.4, 0.5) is 0 Å². The number of ether oxygens (including phenoxy) is 1. The molecule has 2 rings (SSSR count). The summed E-state index contributed by atoms with van der Waals surface area (Å²) in [6.07, 6.45) is -0.398. The zero-order chi connectivity index (χ0) is 13.8. The van der Waals surface area contributed by atoms with Gasteiger partial charge in [0.1, 0.15) is 0 Å². The molecule has 1 atom stereocenters. The quantitative estimate of drug-likeness (QED) is 0.900. The van der Waals surface area contributed by atoms with Gasteiger partial charge in [0.05, 0.1) is 24.2 Å². The molecule has 0 radical (unpaired) electrons. The largest absolute Gasteiger partial charge is 0.390 e. The second-order valence-corrected chi connectivity index (χ2v) is 5.22. The molecule has 1 aromatic heterocycles. The highest BCUT2D eigenvalue weighted by atomic mass is 79.9. The minimum atomic E-state index is -0.657. The van der Waals surface area contributed by atoms with Gasteiger partial charge in [-0.3, -0.25) is 0 Å². The second kappa shape index (κ2) is 6.47. The lowest BCUT2D eigenvalue weighted by atomic mass is 10.2. The molecule has 0 aliphatic heterocycles. The number of aliphatic hydroxyl groups is 1. The van der Waals surface area contributed by atoms with Crippen molar-refractivity contribution in [2.75, 3.05) is 13.7 Å². The van der Waals surface area contributed by atoms with Crippen LogP contribution < -0.4 is 0 Å². The zero-order valence-corrected chi connectivity index (χ0v) is 12.5. The van der Waals surface area contributed by atoms with Crippen LogP contribution in [-0.2, 0) is 11.2 Å². The Bertz CT molecular complexity index is 562. The molecule has 0 bridgehead atoms. The smallest absolute Gasteiger partial charge is 0.229 e. The van der Waals surface area contributed by atoms with E-state index in [-0.39, 0.29) is 13.0 Å². The van der Waals surface area contributed by atoms with E-state index in [2.05, 4.69) is 26.1 Å². The van der Waals surface area contributed by atoms with Gasteiger partial charge in [-0.05, 0) is 34.1 Å². The average molecular weight is 348 g/mol. The van der Waals surface area contributed by atoms with Crippen molar-refractivity contribution in [3.8, 4) is 11.4 Å². The third-order valence-electron chi connectivity index (χ3n) is 2.42. The Kier molecular flexibility index (Phi) is 4.93. The Hall–Kier alpha value is -0.950. The summed E-state index contributed by atoms with van der Waals surface area (Å²) >= 11 is 9.26.